The van der Waals surface area contributed by atoms with Gasteiger partial charge in [-0.1, -0.05) is 73.5 Å². The Hall–Kier alpha value is -1.37. The molecule has 1 aliphatic carbocycles. The zero-order valence-corrected chi connectivity index (χ0v) is 13.0. The molecule has 2 nitrogen and oxygen atoms in total. The van der Waals surface area contributed by atoms with Gasteiger partial charge in [0, 0.05) is 16.3 Å². The molecule has 1 saturated carbocycles. The summed E-state index contributed by atoms with van der Waals surface area (Å²) in [7, 11) is -2.81. The van der Waals surface area contributed by atoms with Crippen LogP contribution in [0.3, 0.4) is 0 Å². The van der Waals surface area contributed by atoms with Crippen molar-refractivity contribution in [2.24, 2.45) is 0 Å². The minimum absolute atomic E-state index is 0.156. The van der Waals surface area contributed by atoms with Crippen molar-refractivity contribution in [3.63, 3.8) is 0 Å². The van der Waals surface area contributed by atoms with Crippen molar-refractivity contribution in [3.05, 3.63) is 60.7 Å². The van der Waals surface area contributed by atoms with Gasteiger partial charge < -0.3 is 9.67 Å². The Bertz CT molecular complexity index is 581. The van der Waals surface area contributed by atoms with Gasteiger partial charge in [0.1, 0.15) is 7.14 Å². The average Bonchev–Trinajstić information content (AvgIpc) is 2.56. The lowest BCUT2D eigenvalue weighted by atomic mass is 9.97. The molecule has 21 heavy (non-hydrogen) atoms. The fraction of sp³-hybridized carbons (Fsp3) is 0.333. The first-order valence-corrected chi connectivity index (χ1v) is 9.39. The highest BCUT2D eigenvalue weighted by molar-refractivity contribution is 7.79. The molecule has 0 aliphatic heterocycles. The summed E-state index contributed by atoms with van der Waals surface area (Å²) >= 11 is 0. The van der Waals surface area contributed by atoms with Crippen LogP contribution < -0.4 is 10.6 Å². The molecule has 2 unspecified atom stereocenters. The Morgan fingerprint density at radius 3 is 1.76 bits per heavy atom. The monoisotopic (exact) mass is 300 g/mol. The first kappa shape index (κ1) is 14.6. The van der Waals surface area contributed by atoms with Crippen LogP contribution in [0.1, 0.15) is 25.7 Å². The van der Waals surface area contributed by atoms with E-state index in [1.165, 1.54) is 0 Å². The van der Waals surface area contributed by atoms with Gasteiger partial charge in [0.2, 0.25) is 0 Å². The molecule has 1 aliphatic rings. The third-order valence-corrected chi connectivity index (χ3v) is 8.11. The molecule has 2 aromatic rings. The molecule has 0 radical (unpaired) electrons. The van der Waals surface area contributed by atoms with Gasteiger partial charge in [0.05, 0.1) is 6.10 Å². The number of aliphatic hydroxyl groups is 1. The average molecular weight is 300 g/mol. The molecular formula is C18H21O2P. The molecule has 0 amide bonds. The van der Waals surface area contributed by atoms with Gasteiger partial charge >= 0.3 is 0 Å². The lowest BCUT2D eigenvalue weighted by Crippen LogP contribution is -2.36. The van der Waals surface area contributed by atoms with Gasteiger partial charge in [0.15, 0.2) is 0 Å². The summed E-state index contributed by atoms with van der Waals surface area (Å²) in [4.78, 5) is 0. The Kier molecular flexibility index (Phi) is 4.28. The van der Waals surface area contributed by atoms with Crippen molar-refractivity contribution in [1.82, 2.24) is 0 Å². The maximum Gasteiger partial charge on any atom is 0.148 e. The van der Waals surface area contributed by atoms with Crippen molar-refractivity contribution in [2.75, 3.05) is 0 Å². The van der Waals surface area contributed by atoms with Crippen LogP contribution in [0, 0.1) is 0 Å². The second-order valence-corrected chi connectivity index (χ2v) is 8.76. The van der Waals surface area contributed by atoms with Gasteiger partial charge in [-0.05, 0) is 12.8 Å². The fourth-order valence-electron chi connectivity index (χ4n) is 3.35. The van der Waals surface area contributed by atoms with Crippen LogP contribution in [0.4, 0.5) is 0 Å². The fourth-order valence-corrected chi connectivity index (χ4v) is 6.82. The zero-order chi connectivity index (χ0) is 14.7. The summed E-state index contributed by atoms with van der Waals surface area (Å²) in [6.07, 6.45) is 3.20. The van der Waals surface area contributed by atoms with E-state index in [1.54, 1.807) is 0 Å². The van der Waals surface area contributed by atoms with Crippen LogP contribution in [-0.4, -0.2) is 16.9 Å². The van der Waals surface area contributed by atoms with Crippen LogP contribution >= 0.6 is 7.14 Å². The third kappa shape index (κ3) is 2.71. The van der Waals surface area contributed by atoms with Crippen molar-refractivity contribution < 1.29 is 9.67 Å². The predicted octanol–water partition coefficient (Wildman–Crippen LogP) is 3.30. The molecule has 2 aromatic carbocycles. The maximum absolute atomic E-state index is 14.0. The molecule has 1 fully saturated rings. The normalized spacial score (nSPS) is 22.9. The van der Waals surface area contributed by atoms with Gasteiger partial charge in [-0.15, -0.1) is 0 Å². The van der Waals surface area contributed by atoms with E-state index in [0.717, 1.165) is 36.3 Å². The summed E-state index contributed by atoms with van der Waals surface area (Å²) in [5.74, 6) is 0. The summed E-state index contributed by atoms with van der Waals surface area (Å²) < 4.78 is 14.0. The van der Waals surface area contributed by atoms with E-state index in [9.17, 15) is 9.67 Å². The molecule has 0 saturated heterocycles. The van der Waals surface area contributed by atoms with Crippen LogP contribution in [0.2, 0.25) is 0 Å². The van der Waals surface area contributed by atoms with Gasteiger partial charge in [-0.2, -0.15) is 0 Å². The molecule has 3 rings (SSSR count). The smallest absolute Gasteiger partial charge is 0.148 e. The van der Waals surface area contributed by atoms with Crippen molar-refractivity contribution in [1.29, 1.82) is 0 Å². The molecule has 0 spiro atoms. The second kappa shape index (κ2) is 6.17. The zero-order valence-electron chi connectivity index (χ0n) is 12.1. The summed E-state index contributed by atoms with van der Waals surface area (Å²) in [5.41, 5.74) is -0.156. The largest absolute Gasteiger partial charge is 0.392 e. The number of benzene rings is 2. The van der Waals surface area contributed by atoms with Crippen molar-refractivity contribution in [2.45, 2.75) is 37.4 Å². The van der Waals surface area contributed by atoms with Crippen LogP contribution in [0.25, 0.3) is 0 Å². The number of hydrogen-bond donors (Lipinski definition) is 1. The topological polar surface area (TPSA) is 37.3 Å². The predicted molar refractivity (Wildman–Crippen MR) is 88.0 cm³/mol. The molecule has 2 atom stereocenters. The Morgan fingerprint density at radius 1 is 0.810 bits per heavy atom. The van der Waals surface area contributed by atoms with Gasteiger partial charge in [0.25, 0.3) is 0 Å². The molecule has 0 bridgehead atoms. The first-order chi connectivity index (χ1) is 10.2. The van der Waals surface area contributed by atoms with E-state index in [2.05, 4.69) is 0 Å². The highest BCUT2D eigenvalue weighted by Crippen LogP contribution is 2.53. The van der Waals surface area contributed by atoms with Gasteiger partial charge in [-0.25, -0.2) is 0 Å². The van der Waals surface area contributed by atoms with Crippen LogP contribution in [-0.2, 0) is 4.57 Å². The number of rotatable bonds is 3. The van der Waals surface area contributed by atoms with Gasteiger partial charge in [-0.3, -0.25) is 0 Å². The quantitative estimate of drug-likeness (QED) is 0.883. The minimum atomic E-state index is -2.81. The SMILES string of the molecule is O=P(c1ccccc1)(c1ccccc1)C1CCCCC1O. The summed E-state index contributed by atoms with van der Waals surface area (Å²) in [6, 6.07) is 19.4. The molecule has 1 N–H and O–H groups in total. The summed E-state index contributed by atoms with van der Waals surface area (Å²) in [5, 5.41) is 12.2. The van der Waals surface area contributed by atoms with Crippen molar-refractivity contribution in [3.8, 4) is 0 Å². The Balaban J connectivity index is 2.13. The summed E-state index contributed by atoms with van der Waals surface area (Å²) in [6.45, 7) is 0. The van der Waals surface area contributed by atoms with E-state index in [1.807, 2.05) is 60.7 Å². The standard InChI is InChI=1S/C18H21O2P/c19-17-13-7-8-14-18(17)21(20,15-9-3-1-4-10-15)16-11-5-2-6-12-16/h1-6,9-12,17-19H,7-8,13-14H2. The van der Waals surface area contributed by atoms with Crippen LogP contribution in [0.15, 0.2) is 60.7 Å². The van der Waals surface area contributed by atoms with E-state index in [-0.39, 0.29) is 5.66 Å². The Morgan fingerprint density at radius 2 is 1.29 bits per heavy atom. The second-order valence-electron chi connectivity index (χ2n) is 5.75. The molecule has 3 heteroatoms. The Labute approximate surface area is 126 Å². The molecule has 110 valence electrons. The molecule has 0 aromatic heterocycles. The van der Waals surface area contributed by atoms with E-state index in [4.69, 9.17) is 0 Å². The highest BCUT2D eigenvalue weighted by Gasteiger charge is 2.41. The van der Waals surface area contributed by atoms with Crippen LogP contribution in [0.5, 0.6) is 0 Å². The first-order valence-electron chi connectivity index (χ1n) is 7.62. The maximum atomic E-state index is 14.0. The third-order valence-electron chi connectivity index (χ3n) is 4.44. The lowest BCUT2D eigenvalue weighted by molar-refractivity contribution is 0.133. The lowest BCUT2D eigenvalue weighted by Gasteiger charge is -2.35. The van der Waals surface area contributed by atoms with Crippen molar-refractivity contribution >= 4 is 17.8 Å². The highest BCUT2D eigenvalue weighted by atomic mass is 31.2. The van der Waals surface area contributed by atoms with E-state index in [0.29, 0.717) is 0 Å². The van der Waals surface area contributed by atoms with E-state index < -0.39 is 13.2 Å². The van der Waals surface area contributed by atoms with E-state index >= 15 is 0 Å². The molecule has 0 heterocycles. The number of aliphatic hydroxyl groups excluding tert-OH is 1. The minimum Gasteiger partial charge on any atom is -0.392 e. The molecular weight excluding hydrogens is 279 g/mol. The number of hydrogen-bond acceptors (Lipinski definition) is 2.